The Balaban J connectivity index is 1.41. The number of carbonyl (C=O) groups is 1. The van der Waals surface area contributed by atoms with E-state index in [-0.39, 0.29) is 24.1 Å². The van der Waals surface area contributed by atoms with Gasteiger partial charge in [-0.25, -0.2) is 4.39 Å². The molecule has 218 valence electrons. The van der Waals surface area contributed by atoms with Gasteiger partial charge in [-0.15, -0.1) is 0 Å². The third kappa shape index (κ3) is 6.16. The Morgan fingerprint density at radius 1 is 1.12 bits per heavy atom. The van der Waals surface area contributed by atoms with E-state index in [1.807, 2.05) is 44.2 Å². The van der Waals surface area contributed by atoms with Crippen LogP contribution in [0.5, 0.6) is 17.2 Å². The van der Waals surface area contributed by atoms with E-state index >= 15 is 4.39 Å². The SMILES string of the molecule is COC(=O)C[C@@H]1COc2cc(O[C@@H]3CCc4c(-c5c(C)cc(OCCC(C)(C)O)cc5C)c(Cl)cc(F)c43)ccc21. The van der Waals surface area contributed by atoms with E-state index in [0.29, 0.717) is 54.6 Å². The second kappa shape index (κ2) is 11.5. The molecule has 0 fully saturated rings. The number of ether oxygens (including phenoxy) is 4. The molecular formula is C33H36ClFO6. The smallest absolute Gasteiger partial charge is 0.306 e. The molecule has 0 bridgehead atoms. The van der Waals surface area contributed by atoms with Crippen LogP contribution >= 0.6 is 11.6 Å². The minimum absolute atomic E-state index is 0.0642. The lowest BCUT2D eigenvalue weighted by molar-refractivity contribution is -0.141. The summed E-state index contributed by atoms with van der Waals surface area (Å²) in [5.74, 6) is 1.24. The van der Waals surface area contributed by atoms with Gasteiger partial charge in [-0.2, -0.15) is 0 Å². The molecule has 6 nitrogen and oxygen atoms in total. The molecule has 8 heteroatoms. The molecule has 2 aliphatic rings. The lowest BCUT2D eigenvalue weighted by Gasteiger charge is -2.21. The Labute approximate surface area is 245 Å². The second-order valence-corrected chi connectivity index (χ2v) is 12.0. The molecule has 3 aromatic rings. The minimum Gasteiger partial charge on any atom is -0.493 e. The normalized spacial score (nSPS) is 17.6. The molecular weight excluding hydrogens is 547 g/mol. The molecule has 0 radical (unpaired) electrons. The molecule has 1 aliphatic carbocycles. The summed E-state index contributed by atoms with van der Waals surface area (Å²) in [7, 11) is 1.38. The van der Waals surface area contributed by atoms with Crippen LogP contribution < -0.4 is 14.2 Å². The fourth-order valence-corrected chi connectivity index (χ4v) is 6.17. The fourth-order valence-electron chi connectivity index (χ4n) is 5.87. The average Bonchev–Trinajstić information content (AvgIpc) is 3.49. The van der Waals surface area contributed by atoms with Crippen molar-refractivity contribution < 1.29 is 33.2 Å². The molecule has 3 aromatic carbocycles. The number of esters is 1. The Hall–Kier alpha value is -3.29. The van der Waals surface area contributed by atoms with Crippen molar-refractivity contribution in [3.8, 4) is 28.4 Å². The third-order valence-electron chi connectivity index (χ3n) is 7.88. The van der Waals surface area contributed by atoms with Crippen molar-refractivity contribution in [2.75, 3.05) is 20.3 Å². The topological polar surface area (TPSA) is 74.2 Å². The van der Waals surface area contributed by atoms with Gasteiger partial charge in [0.05, 0.1) is 37.4 Å². The molecule has 0 saturated heterocycles. The van der Waals surface area contributed by atoms with Gasteiger partial charge in [0, 0.05) is 35.1 Å². The van der Waals surface area contributed by atoms with Gasteiger partial charge in [0.25, 0.3) is 0 Å². The van der Waals surface area contributed by atoms with Crippen LogP contribution in [-0.2, 0) is 16.0 Å². The highest BCUT2D eigenvalue weighted by atomic mass is 35.5. The number of hydrogen-bond acceptors (Lipinski definition) is 6. The lowest BCUT2D eigenvalue weighted by Crippen LogP contribution is -2.21. The molecule has 0 amide bonds. The van der Waals surface area contributed by atoms with Gasteiger partial charge < -0.3 is 24.1 Å². The van der Waals surface area contributed by atoms with Crippen molar-refractivity contribution in [1.29, 1.82) is 0 Å². The van der Waals surface area contributed by atoms with Crippen molar-refractivity contribution in [2.24, 2.45) is 0 Å². The third-order valence-corrected chi connectivity index (χ3v) is 8.18. The summed E-state index contributed by atoms with van der Waals surface area (Å²) in [5, 5.41) is 10.4. The van der Waals surface area contributed by atoms with E-state index in [1.54, 1.807) is 13.8 Å². The summed E-state index contributed by atoms with van der Waals surface area (Å²) >= 11 is 6.71. The summed E-state index contributed by atoms with van der Waals surface area (Å²) < 4.78 is 38.3. The molecule has 0 spiro atoms. The van der Waals surface area contributed by atoms with Crippen LogP contribution in [0.25, 0.3) is 11.1 Å². The van der Waals surface area contributed by atoms with Gasteiger partial charge in [0.2, 0.25) is 0 Å². The standard InChI is InChI=1S/C33H36ClFO6/c1-18-12-22(39-11-10-33(3,4)37)13-19(2)30(18)31-24-8-9-27(32(24)26(35)16-25(31)34)41-21-6-7-23-20(14-29(36)38-5)17-40-28(23)15-21/h6-7,12-13,15-16,20,27,37H,8-11,14,17H2,1-5H3/t20-,27-/m1/s1. The maximum atomic E-state index is 15.5. The zero-order valence-corrected chi connectivity index (χ0v) is 24.9. The first kappa shape index (κ1) is 29.2. The Bertz CT molecular complexity index is 1450. The van der Waals surface area contributed by atoms with E-state index in [4.69, 9.17) is 30.5 Å². The van der Waals surface area contributed by atoms with Gasteiger partial charge >= 0.3 is 5.97 Å². The molecule has 2 atom stereocenters. The predicted molar refractivity (Wildman–Crippen MR) is 156 cm³/mol. The summed E-state index contributed by atoms with van der Waals surface area (Å²) in [4.78, 5) is 11.7. The minimum atomic E-state index is -0.801. The van der Waals surface area contributed by atoms with Crippen molar-refractivity contribution in [2.45, 2.75) is 71.0 Å². The predicted octanol–water partition coefficient (Wildman–Crippen LogP) is 7.41. The highest BCUT2D eigenvalue weighted by Crippen LogP contribution is 2.47. The van der Waals surface area contributed by atoms with Crippen LogP contribution in [0.2, 0.25) is 5.02 Å². The van der Waals surface area contributed by atoms with Gasteiger partial charge in [0.1, 0.15) is 29.2 Å². The highest BCUT2D eigenvalue weighted by Gasteiger charge is 2.33. The quantitative estimate of drug-likeness (QED) is 0.265. The summed E-state index contributed by atoms with van der Waals surface area (Å²) in [6, 6.07) is 10.9. The molecule has 1 aliphatic heterocycles. The number of halogens is 2. The number of carbonyl (C=O) groups excluding carboxylic acids is 1. The van der Waals surface area contributed by atoms with E-state index < -0.39 is 11.7 Å². The zero-order valence-electron chi connectivity index (χ0n) is 24.1. The molecule has 0 aromatic heterocycles. The Kier molecular flexibility index (Phi) is 8.22. The van der Waals surface area contributed by atoms with Gasteiger partial charge in [-0.3, -0.25) is 4.79 Å². The number of methoxy groups -OCH3 is 1. The molecule has 0 saturated carbocycles. The first-order valence-corrected chi connectivity index (χ1v) is 14.3. The number of aliphatic hydroxyl groups is 1. The second-order valence-electron chi connectivity index (χ2n) is 11.6. The first-order valence-electron chi connectivity index (χ1n) is 13.9. The van der Waals surface area contributed by atoms with E-state index in [0.717, 1.165) is 39.1 Å². The zero-order chi connectivity index (χ0) is 29.5. The van der Waals surface area contributed by atoms with Gasteiger partial charge in [-0.1, -0.05) is 17.7 Å². The van der Waals surface area contributed by atoms with Crippen LogP contribution in [0.15, 0.2) is 36.4 Å². The Morgan fingerprint density at radius 2 is 1.85 bits per heavy atom. The fraction of sp³-hybridized carbons (Fsp3) is 0.424. The monoisotopic (exact) mass is 582 g/mol. The summed E-state index contributed by atoms with van der Waals surface area (Å²) in [6.07, 6.45) is 1.52. The molecule has 0 unspecified atom stereocenters. The van der Waals surface area contributed by atoms with E-state index in [2.05, 4.69) is 0 Å². The van der Waals surface area contributed by atoms with Crippen molar-refractivity contribution in [1.82, 2.24) is 0 Å². The molecule has 5 rings (SSSR count). The number of hydrogen-bond donors (Lipinski definition) is 1. The highest BCUT2D eigenvalue weighted by molar-refractivity contribution is 6.33. The van der Waals surface area contributed by atoms with Crippen molar-refractivity contribution in [3.63, 3.8) is 0 Å². The van der Waals surface area contributed by atoms with Crippen LogP contribution in [0.3, 0.4) is 0 Å². The van der Waals surface area contributed by atoms with E-state index in [1.165, 1.54) is 13.2 Å². The largest absolute Gasteiger partial charge is 0.493 e. The van der Waals surface area contributed by atoms with Crippen LogP contribution in [0, 0.1) is 19.7 Å². The molecule has 41 heavy (non-hydrogen) atoms. The number of aryl methyl sites for hydroxylation is 2. The number of benzene rings is 3. The van der Waals surface area contributed by atoms with E-state index in [9.17, 15) is 9.90 Å². The van der Waals surface area contributed by atoms with Crippen molar-refractivity contribution >= 4 is 17.6 Å². The van der Waals surface area contributed by atoms with Crippen LogP contribution in [0.1, 0.15) is 72.9 Å². The van der Waals surface area contributed by atoms with Crippen LogP contribution in [0.4, 0.5) is 4.39 Å². The molecule has 1 N–H and O–H groups in total. The first-order chi connectivity index (χ1) is 19.4. The molecule has 1 heterocycles. The summed E-state index contributed by atoms with van der Waals surface area (Å²) in [6.45, 7) is 8.30. The number of fused-ring (bicyclic) bond motifs is 2. The number of rotatable bonds is 9. The van der Waals surface area contributed by atoms with Gasteiger partial charge in [-0.05, 0) is 87.1 Å². The average molecular weight is 583 g/mol. The van der Waals surface area contributed by atoms with Crippen LogP contribution in [-0.4, -0.2) is 37.0 Å². The summed E-state index contributed by atoms with van der Waals surface area (Å²) in [5.41, 5.74) is 5.26. The lowest BCUT2D eigenvalue weighted by atomic mass is 9.90. The Morgan fingerprint density at radius 3 is 2.54 bits per heavy atom. The maximum absolute atomic E-state index is 15.5. The van der Waals surface area contributed by atoms with Crippen molar-refractivity contribution in [3.05, 3.63) is 75.1 Å². The maximum Gasteiger partial charge on any atom is 0.306 e. The van der Waals surface area contributed by atoms with Gasteiger partial charge in [0.15, 0.2) is 0 Å².